The maximum Gasteiger partial charge on any atom is 0.407 e. The van der Waals surface area contributed by atoms with Gasteiger partial charge in [0.2, 0.25) is 5.91 Å². The largest absolute Gasteiger partial charge is 0.480 e. The smallest absolute Gasteiger partial charge is 0.407 e. The van der Waals surface area contributed by atoms with Crippen molar-refractivity contribution < 1.29 is 29.0 Å². The number of carbonyl (C=O) groups excluding carboxylic acids is 2. The van der Waals surface area contributed by atoms with E-state index in [4.69, 9.17) is 9.47 Å². The van der Waals surface area contributed by atoms with E-state index in [-0.39, 0.29) is 25.0 Å². The summed E-state index contributed by atoms with van der Waals surface area (Å²) in [7, 11) is 0. The minimum absolute atomic E-state index is 0.104. The first kappa shape index (κ1) is 24.7. The van der Waals surface area contributed by atoms with Gasteiger partial charge in [0.1, 0.15) is 18.4 Å². The molecular weight excluding hydrogens is 448 g/mol. The van der Waals surface area contributed by atoms with E-state index in [1.807, 2.05) is 50.2 Å². The zero-order valence-electron chi connectivity index (χ0n) is 20.5. The summed E-state index contributed by atoms with van der Waals surface area (Å²) in [5, 5.41) is 12.3. The van der Waals surface area contributed by atoms with Crippen LogP contribution in [-0.4, -0.2) is 59.0 Å². The predicted octanol–water partition coefficient (Wildman–Crippen LogP) is 3.99. The molecule has 2 aromatic carbocycles. The first-order chi connectivity index (χ1) is 16.7. The van der Waals surface area contributed by atoms with Gasteiger partial charge in [0.15, 0.2) is 6.04 Å². The Kier molecular flexibility index (Phi) is 6.85. The fraction of sp³-hybridized carbons (Fsp3) is 0.444. The van der Waals surface area contributed by atoms with Gasteiger partial charge < -0.3 is 19.9 Å². The summed E-state index contributed by atoms with van der Waals surface area (Å²) in [6.45, 7) is 7.06. The lowest BCUT2D eigenvalue weighted by molar-refractivity contribution is -0.157. The summed E-state index contributed by atoms with van der Waals surface area (Å²) in [6.07, 6.45) is -0.109. The Morgan fingerprint density at radius 3 is 2.23 bits per heavy atom. The lowest BCUT2D eigenvalue weighted by atomic mass is 9.96. The molecule has 0 saturated carbocycles. The number of rotatable bonds is 7. The number of amides is 2. The monoisotopic (exact) mass is 480 g/mol. The van der Waals surface area contributed by atoms with Crippen LogP contribution in [0.2, 0.25) is 0 Å². The summed E-state index contributed by atoms with van der Waals surface area (Å²) in [5.74, 6) is -1.99. The number of ether oxygens (including phenoxy) is 2. The molecule has 3 atom stereocenters. The van der Waals surface area contributed by atoms with Crippen LogP contribution in [0.5, 0.6) is 0 Å². The molecule has 0 aromatic heterocycles. The molecule has 2 amide bonds. The van der Waals surface area contributed by atoms with Gasteiger partial charge in [-0.05, 0) is 42.0 Å². The van der Waals surface area contributed by atoms with Gasteiger partial charge >= 0.3 is 12.1 Å². The molecule has 2 N–H and O–H groups in total. The van der Waals surface area contributed by atoms with Gasteiger partial charge in [-0.1, -0.05) is 68.8 Å². The number of nitrogens with one attached hydrogen (secondary N) is 1. The summed E-state index contributed by atoms with van der Waals surface area (Å²) in [6, 6.07) is 14.0. The van der Waals surface area contributed by atoms with Crippen molar-refractivity contribution in [3.05, 3.63) is 59.7 Å². The molecule has 1 saturated heterocycles. The molecule has 1 aliphatic carbocycles. The van der Waals surface area contributed by atoms with Crippen molar-refractivity contribution in [2.75, 3.05) is 13.2 Å². The van der Waals surface area contributed by atoms with Crippen LogP contribution in [0, 0.1) is 5.92 Å². The number of nitrogens with zero attached hydrogens (tertiary/aromatic N) is 1. The number of fused-ring (bicyclic) bond motifs is 3. The molecule has 0 radical (unpaired) electrons. The third-order valence-corrected chi connectivity index (χ3v) is 7.10. The SMILES string of the molecule is CCC(C)C(NC(=O)OCC1c2ccccc2-c2ccccc21)C(=O)N1C(C(=O)O)COC1(C)C. The first-order valence-electron chi connectivity index (χ1n) is 12.0. The molecule has 186 valence electrons. The van der Waals surface area contributed by atoms with E-state index in [0.29, 0.717) is 6.42 Å². The van der Waals surface area contributed by atoms with Crippen LogP contribution in [0.1, 0.15) is 51.2 Å². The predicted molar refractivity (Wildman–Crippen MR) is 130 cm³/mol. The Hall–Kier alpha value is -3.39. The number of benzene rings is 2. The highest BCUT2D eigenvalue weighted by molar-refractivity contribution is 5.90. The normalized spacial score (nSPS) is 20.0. The van der Waals surface area contributed by atoms with E-state index in [0.717, 1.165) is 22.3 Å². The second kappa shape index (κ2) is 9.70. The molecule has 2 aromatic rings. The molecular formula is C27H32N2O6. The molecule has 1 fully saturated rings. The topological polar surface area (TPSA) is 105 Å². The van der Waals surface area contributed by atoms with Gasteiger partial charge in [-0.25, -0.2) is 9.59 Å². The van der Waals surface area contributed by atoms with Gasteiger partial charge in [-0.15, -0.1) is 0 Å². The van der Waals surface area contributed by atoms with Gasteiger partial charge in [0, 0.05) is 5.92 Å². The Morgan fingerprint density at radius 2 is 1.69 bits per heavy atom. The van der Waals surface area contributed by atoms with E-state index in [1.54, 1.807) is 13.8 Å². The second-order valence-corrected chi connectivity index (χ2v) is 9.65. The van der Waals surface area contributed by atoms with E-state index >= 15 is 0 Å². The average Bonchev–Trinajstić information content (AvgIpc) is 3.34. The van der Waals surface area contributed by atoms with Crippen molar-refractivity contribution in [3.8, 4) is 11.1 Å². The minimum atomic E-state index is -1.15. The number of hydrogen-bond donors (Lipinski definition) is 2. The van der Waals surface area contributed by atoms with Crippen LogP contribution in [0.3, 0.4) is 0 Å². The standard InChI is InChI=1S/C27H32N2O6/c1-5-16(2)23(24(30)29-22(25(31)32)15-35-27(29,3)4)28-26(33)34-14-21-19-12-8-6-10-17(19)18-11-7-9-13-20(18)21/h6-13,16,21-23H,5,14-15H2,1-4H3,(H,28,33)(H,31,32). The van der Waals surface area contributed by atoms with Crippen LogP contribution in [0.25, 0.3) is 11.1 Å². The van der Waals surface area contributed by atoms with Crippen LogP contribution in [0.15, 0.2) is 48.5 Å². The Balaban J connectivity index is 1.49. The molecule has 0 bridgehead atoms. The molecule has 1 aliphatic heterocycles. The third kappa shape index (κ3) is 4.62. The minimum Gasteiger partial charge on any atom is -0.480 e. The molecule has 2 aliphatic rings. The molecule has 0 spiro atoms. The highest BCUT2D eigenvalue weighted by Crippen LogP contribution is 2.44. The Morgan fingerprint density at radius 1 is 1.11 bits per heavy atom. The van der Waals surface area contributed by atoms with E-state index < -0.39 is 35.8 Å². The summed E-state index contributed by atoms with van der Waals surface area (Å²) in [5.41, 5.74) is 3.34. The second-order valence-electron chi connectivity index (χ2n) is 9.65. The molecule has 1 heterocycles. The molecule has 8 heteroatoms. The molecule has 8 nitrogen and oxygen atoms in total. The zero-order valence-corrected chi connectivity index (χ0v) is 20.5. The Labute approximate surface area is 205 Å². The maximum atomic E-state index is 13.5. The van der Waals surface area contributed by atoms with Gasteiger partial charge in [0.25, 0.3) is 0 Å². The third-order valence-electron chi connectivity index (χ3n) is 7.10. The lowest BCUT2D eigenvalue weighted by Crippen LogP contribution is -2.59. The summed E-state index contributed by atoms with van der Waals surface area (Å²) in [4.78, 5) is 39.4. The van der Waals surface area contributed by atoms with Gasteiger partial charge in [0.05, 0.1) is 6.61 Å². The zero-order chi connectivity index (χ0) is 25.3. The van der Waals surface area contributed by atoms with Crippen LogP contribution >= 0.6 is 0 Å². The van der Waals surface area contributed by atoms with Crippen molar-refractivity contribution >= 4 is 18.0 Å². The number of carbonyl (C=O) groups is 3. The van der Waals surface area contributed by atoms with Gasteiger partial charge in [-0.3, -0.25) is 9.69 Å². The first-order valence-corrected chi connectivity index (χ1v) is 12.0. The van der Waals surface area contributed by atoms with Crippen LogP contribution < -0.4 is 5.32 Å². The van der Waals surface area contributed by atoms with Gasteiger partial charge in [-0.2, -0.15) is 0 Å². The quantitative estimate of drug-likeness (QED) is 0.621. The van der Waals surface area contributed by atoms with Crippen LogP contribution in [-0.2, 0) is 19.1 Å². The van der Waals surface area contributed by atoms with E-state index in [2.05, 4.69) is 17.4 Å². The van der Waals surface area contributed by atoms with Crippen molar-refractivity contribution in [3.63, 3.8) is 0 Å². The number of carboxylic acids is 1. The van der Waals surface area contributed by atoms with Crippen molar-refractivity contribution in [2.24, 2.45) is 5.92 Å². The Bertz CT molecular complexity index is 1080. The summed E-state index contributed by atoms with van der Waals surface area (Å²) < 4.78 is 11.2. The summed E-state index contributed by atoms with van der Waals surface area (Å²) >= 11 is 0. The van der Waals surface area contributed by atoms with E-state index in [1.165, 1.54) is 4.90 Å². The highest BCUT2D eigenvalue weighted by Gasteiger charge is 2.49. The molecule has 35 heavy (non-hydrogen) atoms. The number of carboxylic acid groups (broad SMARTS) is 1. The lowest BCUT2D eigenvalue weighted by Gasteiger charge is -2.36. The average molecular weight is 481 g/mol. The van der Waals surface area contributed by atoms with Crippen molar-refractivity contribution in [2.45, 2.75) is 57.8 Å². The molecule has 4 rings (SSSR count). The fourth-order valence-electron chi connectivity index (χ4n) is 5.00. The fourth-order valence-corrected chi connectivity index (χ4v) is 5.00. The molecule has 3 unspecified atom stereocenters. The maximum absolute atomic E-state index is 13.5. The van der Waals surface area contributed by atoms with Crippen molar-refractivity contribution in [1.82, 2.24) is 10.2 Å². The van der Waals surface area contributed by atoms with E-state index in [9.17, 15) is 19.5 Å². The van der Waals surface area contributed by atoms with Crippen LogP contribution in [0.4, 0.5) is 4.79 Å². The number of aliphatic carboxylic acids is 1. The highest BCUT2D eigenvalue weighted by atomic mass is 16.6. The van der Waals surface area contributed by atoms with Crippen molar-refractivity contribution in [1.29, 1.82) is 0 Å². The number of hydrogen-bond acceptors (Lipinski definition) is 5. The number of alkyl carbamates (subject to hydrolysis) is 1.